The summed E-state index contributed by atoms with van der Waals surface area (Å²) >= 11 is 0. The first-order chi connectivity index (χ1) is 7.27. The number of nitrogens with two attached hydrogens (primary N) is 1. The second-order valence-corrected chi connectivity index (χ2v) is 3.36. The van der Waals surface area contributed by atoms with Crippen molar-refractivity contribution in [1.29, 1.82) is 0 Å². The van der Waals surface area contributed by atoms with Gasteiger partial charge in [-0.1, -0.05) is 31.5 Å². The molecule has 0 atom stereocenters. The normalized spacial score (nSPS) is 11.4. The second kappa shape index (κ2) is 5.96. The van der Waals surface area contributed by atoms with Gasteiger partial charge in [0.05, 0.1) is 0 Å². The Labute approximate surface area is 90.0 Å². The summed E-state index contributed by atoms with van der Waals surface area (Å²) in [6, 6.07) is 7.16. The molecule has 0 spiro atoms. The van der Waals surface area contributed by atoms with E-state index in [4.69, 9.17) is 5.73 Å². The van der Waals surface area contributed by atoms with Crippen LogP contribution >= 0.6 is 0 Å². The van der Waals surface area contributed by atoms with Crippen LogP contribution in [0.2, 0.25) is 0 Å². The molecule has 0 aliphatic carbocycles. The zero-order valence-electron chi connectivity index (χ0n) is 8.94. The lowest BCUT2D eigenvalue weighted by atomic mass is 10.1. The topological polar surface area (TPSA) is 55.4 Å². The third-order valence-corrected chi connectivity index (χ3v) is 2.11. The zero-order valence-corrected chi connectivity index (χ0v) is 8.94. The van der Waals surface area contributed by atoms with Crippen molar-refractivity contribution in [2.45, 2.75) is 19.8 Å². The van der Waals surface area contributed by atoms with Gasteiger partial charge in [-0.2, -0.15) is 0 Å². The highest BCUT2D eigenvalue weighted by atomic mass is 16.1. The predicted molar refractivity (Wildman–Crippen MR) is 62.3 cm³/mol. The Hall–Kier alpha value is -1.64. The number of unbranched alkanes of at least 4 members (excludes halogenated alkanes) is 1. The highest BCUT2D eigenvalue weighted by molar-refractivity contribution is 5.98. The average molecular weight is 204 g/mol. The fourth-order valence-corrected chi connectivity index (χ4v) is 1.22. The summed E-state index contributed by atoms with van der Waals surface area (Å²) in [6.07, 6.45) is 2.95. The molecule has 0 aliphatic heterocycles. The van der Waals surface area contributed by atoms with Crippen LogP contribution in [0.15, 0.2) is 29.3 Å². The number of rotatable bonds is 5. The first kappa shape index (κ1) is 11.4. The van der Waals surface area contributed by atoms with Gasteiger partial charge in [0.2, 0.25) is 0 Å². The Morgan fingerprint density at radius 1 is 1.53 bits per heavy atom. The fraction of sp³-hybridized carbons (Fsp3) is 0.333. The van der Waals surface area contributed by atoms with Crippen molar-refractivity contribution in [2.75, 3.05) is 6.54 Å². The van der Waals surface area contributed by atoms with E-state index in [9.17, 15) is 4.79 Å². The van der Waals surface area contributed by atoms with E-state index >= 15 is 0 Å². The molecule has 0 saturated carbocycles. The highest BCUT2D eigenvalue weighted by Gasteiger charge is 1.98. The molecule has 1 aromatic rings. The monoisotopic (exact) mass is 204 g/mol. The van der Waals surface area contributed by atoms with Gasteiger partial charge >= 0.3 is 0 Å². The molecule has 0 saturated heterocycles. The number of aliphatic imine (C=N–C) groups is 1. The molecule has 0 unspecified atom stereocenters. The summed E-state index contributed by atoms with van der Waals surface area (Å²) in [7, 11) is 0. The molecule has 1 aromatic carbocycles. The summed E-state index contributed by atoms with van der Waals surface area (Å²) in [5, 5.41) is 0. The highest BCUT2D eigenvalue weighted by Crippen LogP contribution is 2.03. The van der Waals surface area contributed by atoms with Gasteiger partial charge in [0.15, 0.2) is 0 Å². The number of carbonyl (C=O) groups is 1. The van der Waals surface area contributed by atoms with Gasteiger partial charge in [-0.25, -0.2) is 0 Å². The third kappa shape index (κ3) is 3.54. The van der Waals surface area contributed by atoms with E-state index in [2.05, 4.69) is 11.9 Å². The molecule has 2 N–H and O–H groups in total. The van der Waals surface area contributed by atoms with Crippen LogP contribution < -0.4 is 5.73 Å². The van der Waals surface area contributed by atoms with E-state index in [0.29, 0.717) is 11.4 Å². The summed E-state index contributed by atoms with van der Waals surface area (Å²) in [4.78, 5) is 14.8. The predicted octanol–water partition coefficient (Wildman–Crippen LogP) is 2.00. The number of carbonyl (C=O) groups excluding carboxylic acids is 1. The van der Waals surface area contributed by atoms with Crippen molar-refractivity contribution in [2.24, 2.45) is 10.7 Å². The molecule has 3 nitrogen and oxygen atoms in total. The van der Waals surface area contributed by atoms with Crippen LogP contribution in [0.4, 0.5) is 0 Å². The van der Waals surface area contributed by atoms with Crippen LogP contribution in [0.25, 0.3) is 0 Å². The maximum Gasteiger partial charge on any atom is 0.150 e. The molecule has 1 rings (SSSR count). The van der Waals surface area contributed by atoms with Gasteiger partial charge < -0.3 is 5.73 Å². The van der Waals surface area contributed by atoms with E-state index in [0.717, 1.165) is 31.2 Å². The lowest BCUT2D eigenvalue weighted by molar-refractivity contribution is 0.112. The number of nitrogens with zero attached hydrogens (tertiary/aromatic N) is 1. The van der Waals surface area contributed by atoms with Crippen LogP contribution in [0, 0.1) is 0 Å². The van der Waals surface area contributed by atoms with Crippen LogP contribution in [0.5, 0.6) is 0 Å². The lowest BCUT2D eigenvalue weighted by Crippen LogP contribution is -2.14. The van der Waals surface area contributed by atoms with Gasteiger partial charge in [0.1, 0.15) is 12.1 Å². The summed E-state index contributed by atoms with van der Waals surface area (Å²) in [5.41, 5.74) is 7.23. The molecule has 80 valence electrons. The molecule has 3 heteroatoms. The number of hydrogen-bond donors (Lipinski definition) is 1. The Kier molecular flexibility index (Phi) is 4.54. The number of aldehydes is 1. The minimum Gasteiger partial charge on any atom is -0.384 e. The van der Waals surface area contributed by atoms with Crippen LogP contribution in [-0.4, -0.2) is 18.7 Å². The van der Waals surface area contributed by atoms with Gasteiger partial charge in [0, 0.05) is 17.7 Å². The number of hydrogen-bond acceptors (Lipinski definition) is 2. The van der Waals surface area contributed by atoms with Crippen molar-refractivity contribution >= 4 is 12.1 Å². The van der Waals surface area contributed by atoms with Crippen molar-refractivity contribution in [3.8, 4) is 0 Å². The molecule has 0 bridgehead atoms. The van der Waals surface area contributed by atoms with Gasteiger partial charge in [-0.15, -0.1) is 0 Å². The van der Waals surface area contributed by atoms with Gasteiger partial charge in [-0.05, 0) is 12.5 Å². The molecular formula is C12H16N2O. The Bertz CT molecular complexity index is 358. The molecule has 0 aliphatic rings. The maximum atomic E-state index is 10.6. The second-order valence-electron chi connectivity index (χ2n) is 3.36. The standard InChI is InChI=1S/C12H16N2O/c1-2-3-7-14-12(13)11-6-4-5-10(8-11)9-15/h4-6,8-9H,2-3,7H2,1H3,(H2,13,14). The van der Waals surface area contributed by atoms with E-state index in [1.807, 2.05) is 6.07 Å². The Morgan fingerprint density at radius 3 is 3.00 bits per heavy atom. The van der Waals surface area contributed by atoms with E-state index in [1.54, 1.807) is 18.2 Å². The van der Waals surface area contributed by atoms with E-state index < -0.39 is 0 Å². The molecule has 0 heterocycles. The number of amidine groups is 1. The minimum absolute atomic E-state index is 0.507. The van der Waals surface area contributed by atoms with E-state index in [1.165, 1.54) is 0 Å². The third-order valence-electron chi connectivity index (χ3n) is 2.11. The molecular weight excluding hydrogens is 188 g/mol. The number of benzene rings is 1. The minimum atomic E-state index is 0.507. The zero-order chi connectivity index (χ0) is 11.1. The Morgan fingerprint density at radius 2 is 2.33 bits per heavy atom. The maximum absolute atomic E-state index is 10.6. The quantitative estimate of drug-likeness (QED) is 0.345. The van der Waals surface area contributed by atoms with Crippen molar-refractivity contribution < 1.29 is 4.79 Å². The SMILES string of the molecule is CCCCN=C(N)c1cccc(C=O)c1. The average Bonchev–Trinajstić information content (AvgIpc) is 2.29. The van der Waals surface area contributed by atoms with Crippen molar-refractivity contribution in [3.63, 3.8) is 0 Å². The molecule has 0 amide bonds. The van der Waals surface area contributed by atoms with Crippen molar-refractivity contribution in [3.05, 3.63) is 35.4 Å². The molecule has 0 aromatic heterocycles. The summed E-state index contributed by atoms with van der Waals surface area (Å²) in [6.45, 7) is 2.85. The lowest BCUT2D eigenvalue weighted by Gasteiger charge is -2.01. The van der Waals surface area contributed by atoms with Crippen LogP contribution in [-0.2, 0) is 0 Å². The van der Waals surface area contributed by atoms with Crippen LogP contribution in [0.1, 0.15) is 35.7 Å². The smallest absolute Gasteiger partial charge is 0.150 e. The largest absolute Gasteiger partial charge is 0.384 e. The summed E-state index contributed by atoms with van der Waals surface area (Å²) < 4.78 is 0. The first-order valence-electron chi connectivity index (χ1n) is 5.13. The molecule has 15 heavy (non-hydrogen) atoms. The van der Waals surface area contributed by atoms with Crippen LogP contribution in [0.3, 0.4) is 0 Å². The molecule has 0 fully saturated rings. The van der Waals surface area contributed by atoms with Crippen molar-refractivity contribution in [1.82, 2.24) is 0 Å². The fourth-order valence-electron chi connectivity index (χ4n) is 1.22. The van der Waals surface area contributed by atoms with Gasteiger partial charge in [-0.3, -0.25) is 9.79 Å². The van der Waals surface area contributed by atoms with E-state index in [-0.39, 0.29) is 0 Å². The Balaban J connectivity index is 2.76. The van der Waals surface area contributed by atoms with Gasteiger partial charge in [0.25, 0.3) is 0 Å². The first-order valence-corrected chi connectivity index (χ1v) is 5.13. The molecule has 0 radical (unpaired) electrons. The summed E-state index contributed by atoms with van der Waals surface area (Å²) in [5.74, 6) is 0.507.